The molecule has 166 valence electrons. The molecule has 30 heavy (non-hydrogen) atoms. The molecular weight excluding hydrogens is 409 g/mol. The Morgan fingerprint density at radius 1 is 1.20 bits per heavy atom. The van der Waals surface area contributed by atoms with Crippen LogP contribution in [-0.2, 0) is 22.3 Å². The van der Waals surface area contributed by atoms with E-state index in [4.69, 9.17) is 9.47 Å². The van der Waals surface area contributed by atoms with Crippen molar-refractivity contribution in [2.75, 3.05) is 6.61 Å². The zero-order valence-corrected chi connectivity index (χ0v) is 17.3. The Kier molecular flexibility index (Phi) is 7.57. The maximum Gasteiger partial charge on any atom is 0.420 e. The summed E-state index contributed by atoms with van der Waals surface area (Å²) in [5.74, 6) is -2.34. The molecule has 0 N–H and O–H groups in total. The number of alkyl halides is 3. The van der Waals surface area contributed by atoms with Crippen molar-refractivity contribution in [1.82, 2.24) is 14.6 Å². The van der Waals surface area contributed by atoms with Gasteiger partial charge in [0, 0.05) is 30.4 Å². The quantitative estimate of drug-likeness (QED) is 0.288. The molecule has 0 aliphatic heterocycles. The first-order chi connectivity index (χ1) is 14.0. The summed E-state index contributed by atoms with van der Waals surface area (Å²) in [6.07, 6.45) is -3.90. The second-order valence-corrected chi connectivity index (χ2v) is 6.94. The van der Waals surface area contributed by atoms with Gasteiger partial charge in [0.25, 0.3) is 0 Å². The number of hydrogen-bond acceptors (Lipinski definition) is 4. The van der Waals surface area contributed by atoms with Crippen molar-refractivity contribution in [1.29, 1.82) is 0 Å². The number of halogens is 5. The summed E-state index contributed by atoms with van der Waals surface area (Å²) < 4.78 is 81.1. The van der Waals surface area contributed by atoms with Crippen LogP contribution < -0.4 is 0 Å². The molecule has 0 spiro atoms. The molecule has 2 rings (SSSR count). The molecule has 0 amide bonds. The third kappa shape index (κ3) is 5.35. The van der Waals surface area contributed by atoms with Crippen molar-refractivity contribution in [3.05, 3.63) is 52.7 Å². The van der Waals surface area contributed by atoms with Crippen molar-refractivity contribution in [2.45, 2.75) is 53.5 Å². The van der Waals surface area contributed by atoms with Gasteiger partial charge in [-0.15, -0.1) is 10.2 Å². The molecule has 2 aromatic rings. The highest BCUT2D eigenvalue weighted by molar-refractivity contribution is 5.54. The predicted octanol–water partition coefficient (Wildman–Crippen LogP) is 6.07. The van der Waals surface area contributed by atoms with E-state index >= 15 is 0 Å². The smallest absolute Gasteiger partial charge is 0.420 e. The van der Waals surface area contributed by atoms with E-state index in [0.717, 1.165) is 0 Å². The maximum absolute atomic E-state index is 14.2. The molecule has 0 aromatic carbocycles. The van der Waals surface area contributed by atoms with Crippen LogP contribution in [0.2, 0.25) is 0 Å². The lowest BCUT2D eigenvalue weighted by molar-refractivity contribution is -0.138. The Morgan fingerprint density at radius 3 is 2.43 bits per heavy atom. The first-order valence-corrected chi connectivity index (χ1v) is 9.38. The van der Waals surface area contributed by atoms with E-state index < -0.39 is 41.1 Å². The monoisotopic (exact) mass is 433 g/mol. The van der Waals surface area contributed by atoms with Gasteiger partial charge >= 0.3 is 6.18 Å². The Labute approximate surface area is 171 Å². The second kappa shape index (κ2) is 9.55. The Hall–Kier alpha value is -2.49. The number of hydrogen-bond donors (Lipinski definition) is 0. The third-order valence-electron chi connectivity index (χ3n) is 4.34. The zero-order chi connectivity index (χ0) is 22.6. The highest BCUT2D eigenvalue weighted by Crippen LogP contribution is 2.39. The minimum Gasteiger partial charge on any atom is -0.488 e. The number of nitrogens with zero attached hydrogens (tertiary/aromatic N) is 3. The largest absolute Gasteiger partial charge is 0.488 e. The highest BCUT2D eigenvalue weighted by atomic mass is 19.4. The molecule has 5 nitrogen and oxygen atoms in total. The third-order valence-corrected chi connectivity index (χ3v) is 4.34. The van der Waals surface area contributed by atoms with Gasteiger partial charge in [0.05, 0.1) is 0 Å². The summed E-state index contributed by atoms with van der Waals surface area (Å²) in [5.41, 5.74) is -1.69. The van der Waals surface area contributed by atoms with Crippen molar-refractivity contribution in [3.63, 3.8) is 0 Å². The minimum absolute atomic E-state index is 0.00116. The van der Waals surface area contributed by atoms with Gasteiger partial charge in [-0.25, -0.2) is 8.78 Å². The van der Waals surface area contributed by atoms with Crippen LogP contribution in [0.1, 0.15) is 57.7 Å². The topological polar surface area (TPSA) is 48.7 Å². The molecule has 0 aliphatic rings. The summed E-state index contributed by atoms with van der Waals surface area (Å²) in [7, 11) is 0. The van der Waals surface area contributed by atoms with Crippen LogP contribution in [0, 0.1) is 5.92 Å². The Morgan fingerprint density at radius 2 is 1.87 bits per heavy atom. The molecule has 0 radical (unpaired) electrons. The standard InChI is InChI=1S/C20H24F5N3O2/c1-6-29-10-17-26-27-19-18(20(23,24)25)14(7-8-28(17)19)12(4)30-13(5)16(22)9-15(21)11(2)3/h7-9,11-12H,6,10H2,1-5H3/b15-9+,16-13-. The number of ether oxygens (including phenoxy) is 2. The van der Waals surface area contributed by atoms with Crippen LogP contribution in [0.3, 0.4) is 0 Å². The molecule has 1 unspecified atom stereocenters. The first kappa shape index (κ1) is 23.8. The lowest BCUT2D eigenvalue weighted by Crippen LogP contribution is -2.15. The molecule has 0 saturated heterocycles. The van der Waals surface area contributed by atoms with Crippen LogP contribution in [0.15, 0.2) is 35.8 Å². The number of aromatic nitrogens is 3. The Bertz CT molecular complexity index is 948. The molecule has 10 heteroatoms. The van der Waals surface area contributed by atoms with Crippen LogP contribution in [-0.4, -0.2) is 21.2 Å². The van der Waals surface area contributed by atoms with Gasteiger partial charge in [0.1, 0.15) is 29.9 Å². The fraction of sp³-hybridized carbons (Fsp3) is 0.500. The van der Waals surface area contributed by atoms with Gasteiger partial charge in [0.2, 0.25) is 0 Å². The SMILES string of the molecule is CCOCc1nnc2c(C(F)(F)F)c(C(C)O/C(C)=C(F)/C=C(/F)C(C)C)ccn12. The van der Waals surface area contributed by atoms with Gasteiger partial charge in [-0.3, -0.25) is 4.40 Å². The highest BCUT2D eigenvalue weighted by Gasteiger charge is 2.39. The van der Waals surface area contributed by atoms with Gasteiger partial charge < -0.3 is 9.47 Å². The summed E-state index contributed by atoms with van der Waals surface area (Å²) in [6.45, 7) is 7.77. The summed E-state index contributed by atoms with van der Waals surface area (Å²) in [5, 5.41) is 7.44. The van der Waals surface area contributed by atoms with E-state index in [2.05, 4.69) is 10.2 Å². The predicted molar refractivity (Wildman–Crippen MR) is 101 cm³/mol. The minimum atomic E-state index is -4.76. The molecule has 2 aromatic heterocycles. The molecule has 2 heterocycles. The Balaban J connectivity index is 2.46. The van der Waals surface area contributed by atoms with Gasteiger partial charge in [-0.2, -0.15) is 13.2 Å². The van der Waals surface area contributed by atoms with Gasteiger partial charge in [-0.05, 0) is 26.8 Å². The van der Waals surface area contributed by atoms with E-state index in [9.17, 15) is 22.0 Å². The summed E-state index contributed by atoms with van der Waals surface area (Å²) >= 11 is 0. The molecule has 0 bridgehead atoms. The van der Waals surface area contributed by atoms with Crippen molar-refractivity contribution >= 4 is 5.65 Å². The second-order valence-electron chi connectivity index (χ2n) is 6.94. The molecule has 0 saturated carbocycles. The van der Waals surface area contributed by atoms with Crippen molar-refractivity contribution < 1.29 is 31.4 Å². The lowest BCUT2D eigenvalue weighted by Gasteiger charge is -2.20. The van der Waals surface area contributed by atoms with Crippen molar-refractivity contribution in [2.24, 2.45) is 5.92 Å². The molecular formula is C20H24F5N3O2. The van der Waals surface area contributed by atoms with E-state index in [1.165, 1.54) is 30.5 Å². The van der Waals surface area contributed by atoms with Crippen LogP contribution in [0.4, 0.5) is 22.0 Å². The molecule has 1 atom stereocenters. The maximum atomic E-state index is 14.2. The van der Waals surface area contributed by atoms with E-state index in [1.807, 2.05) is 0 Å². The molecule has 0 aliphatic carbocycles. The average molecular weight is 433 g/mol. The number of pyridine rings is 1. The number of fused-ring (bicyclic) bond motifs is 1. The zero-order valence-electron chi connectivity index (χ0n) is 17.3. The van der Waals surface area contributed by atoms with Gasteiger partial charge in [-0.1, -0.05) is 13.8 Å². The normalized spacial score (nSPS) is 15.0. The van der Waals surface area contributed by atoms with Crippen LogP contribution >= 0.6 is 0 Å². The average Bonchev–Trinajstić information content (AvgIpc) is 3.07. The van der Waals surface area contributed by atoms with Crippen molar-refractivity contribution in [3.8, 4) is 0 Å². The lowest BCUT2D eigenvalue weighted by atomic mass is 10.0. The summed E-state index contributed by atoms with van der Waals surface area (Å²) in [6, 6.07) is 1.22. The van der Waals surface area contributed by atoms with E-state index in [1.54, 1.807) is 20.8 Å². The fourth-order valence-corrected chi connectivity index (χ4v) is 2.71. The van der Waals surface area contributed by atoms with E-state index in [0.29, 0.717) is 12.7 Å². The molecule has 0 fully saturated rings. The number of allylic oxidation sites excluding steroid dienone is 4. The summed E-state index contributed by atoms with van der Waals surface area (Å²) in [4.78, 5) is 0. The fourth-order valence-electron chi connectivity index (χ4n) is 2.71. The van der Waals surface area contributed by atoms with E-state index in [-0.39, 0.29) is 23.8 Å². The van der Waals surface area contributed by atoms with Gasteiger partial charge in [0.15, 0.2) is 17.3 Å². The number of rotatable bonds is 8. The van der Waals surface area contributed by atoms with Crippen LogP contribution in [0.25, 0.3) is 5.65 Å². The van der Waals surface area contributed by atoms with Crippen LogP contribution in [0.5, 0.6) is 0 Å². The first-order valence-electron chi connectivity index (χ1n) is 9.38.